The van der Waals surface area contributed by atoms with Crippen LogP contribution in [0.3, 0.4) is 0 Å². The average molecular weight is 334 g/mol. The third-order valence-electron chi connectivity index (χ3n) is 3.12. The molecule has 0 aliphatic rings. The van der Waals surface area contributed by atoms with Crippen LogP contribution in [0.4, 0.5) is 0 Å². The summed E-state index contributed by atoms with van der Waals surface area (Å²) in [7, 11) is 0. The maximum atomic E-state index is 12.1. The highest BCUT2D eigenvalue weighted by atomic mass is 35.5. The van der Waals surface area contributed by atoms with E-state index in [0.717, 1.165) is 5.56 Å². The molecule has 0 N–H and O–H groups in total. The number of halogens is 1. The number of pyridine rings is 1. The number of aromatic nitrogens is 5. The lowest BCUT2D eigenvalue weighted by Crippen LogP contribution is -2.20. The maximum Gasteiger partial charge on any atom is 0.276 e. The van der Waals surface area contributed by atoms with Gasteiger partial charge in [-0.1, -0.05) is 36.0 Å². The van der Waals surface area contributed by atoms with Crippen LogP contribution in [0.15, 0.2) is 40.9 Å². The highest BCUT2D eigenvalue weighted by Gasteiger charge is 2.12. The Bertz CT molecular complexity index is 900. The number of hydrogen-bond acceptors (Lipinski definition) is 5. The zero-order chi connectivity index (χ0) is 15.7. The molecule has 0 aromatic carbocycles. The topological polar surface area (TPSA) is 65.1 Å². The van der Waals surface area contributed by atoms with E-state index in [1.165, 1.54) is 22.3 Å². The van der Waals surface area contributed by atoms with Gasteiger partial charge in [0.2, 0.25) is 10.9 Å². The summed E-state index contributed by atoms with van der Waals surface area (Å²) >= 11 is 7.19. The summed E-state index contributed by atoms with van der Waals surface area (Å²) in [6.07, 6.45) is 5.18. The molecule has 0 unspecified atom stereocenters. The van der Waals surface area contributed by atoms with Crippen LogP contribution in [-0.4, -0.2) is 30.4 Å². The van der Waals surface area contributed by atoms with Gasteiger partial charge in [-0.05, 0) is 24.0 Å². The van der Waals surface area contributed by atoms with Gasteiger partial charge in [0.15, 0.2) is 0 Å². The van der Waals surface area contributed by atoms with Crippen molar-refractivity contribution in [2.24, 2.45) is 0 Å². The maximum absolute atomic E-state index is 12.1. The molecule has 22 heavy (non-hydrogen) atoms. The van der Waals surface area contributed by atoms with E-state index in [2.05, 4.69) is 21.6 Å². The minimum atomic E-state index is -0.233. The lowest BCUT2D eigenvalue weighted by atomic mass is 10.2. The number of hydrogen-bond donors (Lipinski definition) is 0. The Morgan fingerprint density at radius 2 is 2.27 bits per heavy atom. The van der Waals surface area contributed by atoms with Crippen molar-refractivity contribution < 1.29 is 0 Å². The van der Waals surface area contributed by atoms with E-state index in [1.807, 2.05) is 16.9 Å². The Balaban J connectivity index is 2.19. The second kappa shape index (κ2) is 5.94. The standard InChI is InChI=1S/C14H12ClN5OS/c1-3-10-6-12(21)20-14(17-13(18-20)22-2)19(10)8-9-4-5-11(15)16-7-9/h3-7H,1,8H2,2H3. The van der Waals surface area contributed by atoms with E-state index < -0.39 is 0 Å². The fourth-order valence-corrected chi connectivity index (χ4v) is 2.54. The second-order valence-electron chi connectivity index (χ2n) is 4.50. The van der Waals surface area contributed by atoms with Crippen LogP contribution in [0.2, 0.25) is 5.15 Å². The molecular weight excluding hydrogens is 322 g/mol. The van der Waals surface area contributed by atoms with Crippen molar-refractivity contribution in [1.82, 2.24) is 24.1 Å². The monoisotopic (exact) mass is 333 g/mol. The second-order valence-corrected chi connectivity index (χ2v) is 5.66. The van der Waals surface area contributed by atoms with Gasteiger partial charge in [0.1, 0.15) is 5.15 Å². The van der Waals surface area contributed by atoms with E-state index in [9.17, 15) is 4.79 Å². The van der Waals surface area contributed by atoms with Gasteiger partial charge in [-0.15, -0.1) is 5.10 Å². The van der Waals surface area contributed by atoms with Crippen LogP contribution in [0.5, 0.6) is 0 Å². The quantitative estimate of drug-likeness (QED) is 0.541. The Hall–Kier alpha value is -2.12. The normalized spacial score (nSPS) is 11.0. The SMILES string of the molecule is C=Cc1cc(=O)n2nc(SC)nc2n1Cc1ccc(Cl)nc1. The van der Waals surface area contributed by atoms with E-state index in [-0.39, 0.29) is 5.56 Å². The van der Waals surface area contributed by atoms with Crippen molar-refractivity contribution in [3.63, 3.8) is 0 Å². The molecule has 0 aliphatic carbocycles. The molecule has 112 valence electrons. The predicted molar refractivity (Wildman–Crippen MR) is 87.5 cm³/mol. The van der Waals surface area contributed by atoms with Gasteiger partial charge < -0.3 is 4.57 Å². The minimum absolute atomic E-state index is 0.233. The molecule has 0 bridgehead atoms. The van der Waals surface area contributed by atoms with Gasteiger partial charge >= 0.3 is 0 Å². The average Bonchev–Trinajstić information content (AvgIpc) is 2.97. The summed E-state index contributed by atoms with van der Waals surface area (Å²) < 4.78 is 3.16. The number of fused-ring (bicyclic) bond motifs is 1. The van der Waals surface area contributed by atoms with Crippen LogP contribution in [-0.2, 0) is 6.54 Å². The summed E-state index contributed by atoms with van der Waals surface area (Å²) in [5, 5.41) is 5.16. The number of nitrogens with zero attached hydrogens (tertiary/aromatic N) is 5. The van der Waals surface area contributed by atoms with Gasteiger partial charge in [-0.2, -0.15) is 9.50 Å². The zero-order valence-corrected chi connectivity index (χ0v) is 13.3. The summed E-state index contributed by atoms with van der Waals surface area (Å²) in [5.41, 5.74) is 1.38. The molecule has 3 aromatic rings. The molecule has 3 aromatic heterocycles. The van der Waals surface area contributed by atoms with E-state index in [4.69, 9.17) is 11.6 Å². The fourth-order valence-electron chi connectivity index (χ4n) is 2.09. The summed E-state index contributed by atoms with van der Waals surface area (Å²) in [6.45, 7) is 4.25. The highest BCUT2D eigenvalue weighted by Crippen LogP contribution is 2.14. The molecule has 0 saturated heterocycles. The molecule has 0 aliphatic heterocycles. The number of thioether (sulfide) groups is 1. The molecular formula is C14H12ClN5OS. The minimum Gasteiger partial charge on any atom is -0.306 e. The lowest BCUT2D eigenvalue weighted by Gasteiger charge is -2.11. The summed E-state index contributed by atoms with van der Waals surface area (Å²) in [4.78, 5) is 20.6. The largest absolute Gasteiger partial charge is 0.306 e. The van der Waals surface area contributed by atoms with E-state index in [1.54, 1.807) is 18.3 Å². The van der Waals surface area contributed by atoms with Crippen molar-refractivity contribution in [3.8, 4) is 0 Å². The molecule has 0 amide bonds. The van der Waals surface area contributed by atoms with E-state index >= 15 is 0 Å². The Kier molecular flexibility index (Phi) is 4.00. The van der Waals surface area contributed by atoms with Crippen molar-refractivity contribution in [1.29, 1.82) is 0 Å². The number of rotatable bonds is 4. The molecule has 3 heterocycles. The zero-order valence-electron chi connectivity index (χ0n) is 11.7. The molecule has 0 fully saturated rings. The molecule has 0 spiro atoms. The van der Waals surface area contributed by atoms with Gasteiger partial charge in [0.05, 0.1) is 6.54 Å². The first-order chi connectivity index (χ1) is 10.6. The first kappa shape index (κ1) is 14.8. The first-order valence-corrected chi connectivity index (χ1v) is 8.00. The Morgan fingerprint density at radius 1 is 1.45 bits per heavy atom. The van der Waals surface area contributed by atoms with Gasteiger partial charge in [-0.25, -0.2) is 4.98 Å². The van der Waals surface area contributed by atoms with Gasteiger partial charge in [0.25, 0.3) is 5.56 Å². The first-order valence-electron chi connectivity index (χ1n) is 6.40. The van der Waals surface area contributed by atoms with Crippen LogP contribution in [0, 0.1) is 0 Å². The van der Waals surface area contributed by atoms with Crippen molar-refractivity contribution >= 4 is 35.2 Å². The highest BCUT2D eigenvalue weighted by molar-refractivity contribution is 7.98. The summed E-state index contributed by atoms with van der Waals surface area (Å²) in [6, 6.07) is 5.09. The Morgan fingerprint density at radius 3 is 2.91 bits per heavy atom. The smallest absolute Gasteiger partial charge is 0.276 e. The molecule has 0 atom stereocenters. The third-order valence-corrected chi connectivity index (χ3v) is 3.89. The van der Waals surface area contributed by atoms with Crippen LogP contribution in [0.25, 0.3) is 11.9 Å². The van der Waals surface area contributed by atoms with Gasteiger partial charge in [0, 0.05) is 18.0 Å². The van der Waals surface area contributed by atoms with Crippen LogP contribution < -0.4 is 5.56 Å². The fraction of sp³-hybridized carbons (Fsp3) is 0.143. The van der Waals surface area contributed by atoms with Crippen LogP contribution >= 0.6 is 23.4 Å². The van der Waals surface area contributed by atoms with Crippen molar-refractivity contribution in [3.05, 3.63) is 57.7 Å². The molecule has 0 radical (unpaired) electrons. The van der Waals surface area contributed by atoms with E-state index in [0.29, 0.717) is 28.3 Å². The molecule has 0 saturated carbocycles. The lowest BCUT2D eigenvalue weighted by molar-refractivity contribution is 0.745. The molecule has 6 nitrogen and oxygen atoms in total. The molecule has 8 heteroatoms. The summed E-state index contributed by atoms with van der Waals surface area (Å²) in [5.74, 6) is 0.474. The van der Waals surface area contributed by atoms with Gasteiger partial charge in [-0.3, -0.25) is 4.79 Å². The third kappa shape index (κ3) is 2.65. The van der Waals surface area contributed by atoms with Crippen LogP contribution in [0.1, 0.15) is 11.3 Å². The van der Waals surface area contributed by atoms with Crippen molar-refractivity contribution in [2.45, 2.75) is 11.7 Å². The van der Waals surface area contributed by atoms with Crippen molar-refractivity contribution in [2.75, 3.05) is 6.26 Å². The molecule has 3 rings (SSSR count). The predicted octanol–water partition coefficient (Wildman–Crippen LogP) is 2.35. The Labute approximate surface area is 135 Å².